The second-order valence-electron chi connectivity index (χ2n) is 4.04. The third-order valence-corrected chi connectivity index (χ3v) is 3.44. The summed E-state index contributed by atoms with van der Waals surface area (Å²) in [5.41, 5.74) is -0.0876. The fraction of sp³-hybridized carbons (Fsp3) is 0. The number of halogens is 2. The fourth-order valence-corrected chi connectivity index (χ4v) is 2.13. The minimum atomic E-state index is -0.629. The number of hydrogen-bond donors (Lipinski definition) is 2. The molecule has 0 heterocycles. The Morgan fingerprint density at radius 2 is 2.00 bits per heavy atom. The van der Waals surface area contributed by atoms with Crippen molar-refractivity contribution in [1.82, 2.24) is 0 Å². The molecule has 0 saturated carbocycles. The van der Waals surface area contributed by atoms with E-state index in [9.17, 15) is 20.0 Å². The molecule has 21 heavy (non-hydrogen) atoms. The second-order valence-corrected chi connectivity index (χ2v) is 5.36. The van der Waals surface area contributed by atoms with Crippen molar-refractivity contribution < 1.29 is 14.8 Å². The average Bonchev–Trinajstić information content (AvgIpc) is 2.43. The molecular weight excluding hydrogens is 364 g/mol. The van der Waals surface area contributed by atoms with E-state index in [1.165, 1.54) is 24.3 Å². The zero-order valence-electron chi connectivity index (χ0n) is 10.3. The number of anilines is 1. The second kappa shape index (κ2) is 6.11. The Morgan fingerprint density at radius 3 is 2.67 bits per heavy atom. The van der Waals surface area contributed by atoms with Gasteiger partial charge in [-0.15, -0.1) is 0 Å². The largest absolute Gasteiger partial charge is 0.507 e. The van der Waals surface area contributed by atoms with Crippen molar-refractivity contribution in [2.45, 2.75) is 0 Å². The highest BCUT2D eigenvalue weighted by molar-refractivity contribution is 9.10. The van der Waals surface area contributed by atoms with Gasteiger partial charge in [-0.2, -0.15) is 0 Å². The van der Waals surface area contributed by atoms with E-state index in [4.69, 9.17) is 11.6 Å². The molecule has 0 fully saturated rings. The van der Waals surface area contributed by atoms with Gasteiger partial charge in [0.15, 0.2) is 0 Å². The number of nitrogens with one attached hydrogen (secondary N) is 1. The van der Waals surface area contributed by atoms with Gasteiger partial charge in [-0.25, -0.2) is 0 Å². The Labute approximate surface area is 132 Å². The maximum atomic E-state index is 12.1. The van der Waals surface area contributed by atoms with E-state index in [1.807, 2.05) is 0 Å². The van der Waals surface area contributed by atoms with Gasteiger partial charge in [0.25, 0.3) is 11.6 Å². The molecule has 0 radical (unpaired) electrons. The molecule has 2 aromatic rings. The van der Waals surface area contributed by atoms with E-state index in [0.29, 0.717) is 4.47 Å². The average molecular weight is 372 g/mol. The van der Waals surface area contributed by atoms with Crippen LogP contribution in [0.2, 0.25) is 5.02 Å². The van der Waals surface area contributed by atoms with Crippen molar-refractivity contribution in [2.24, 2.45) is 0 Å². The Balaban J connectivity index is 2.33. The van der Waals surface area contributed by atoms with Crippen LogP contribution in [0.4, 0.5) is 11.4 Å². The third-order valence-electron chi connectivity index (χ3n) is 2.61. The van der Waals surface area contributed by atoms with E-state index in [1.54, 1.807) is 6.07 Å². The Hall–Kier alpha value is -2.12. The molecule has 0 unspecified atom stereocenters. The monoisotopic (exact) mass is 370 g/mol. The van der Waals surface area contributed by atoms with E-state index in [-0.39, 0.29) is 27.7 Å². The highest BCUT2D eigenvalue weighted by Crippen LogP contribution is 2.28. The third kappa shape index (κ3) is 3.50. The molecule has 0 aromatic heterocycles. The molecule has 0 aliphatic heterocycles. The van der Waals surface area contributed by atoms with Crippen LogP contribution in [0.3, 0.4) is 0 Å². The predicted molar refractivity (Wildman–Crippen MR) is 81.9 cm³/mol. The first-order valence-corrected chi connectivity index (χ1v) is 6.79. The maximum absolute atomic E-state index is 12.1. The van der Waals surface area contributed by atoms with Crippen LogP contribution in [0.15, 0.2) is 40.9 Å². The van der Waals surface area contributed by atoms with Crippen LogP contribution in [-0.4, -0.2) is 15.9 Å². The van der Waals surface area contributed by atoms with E-state index in [2.05, 4.69) is 21.2 Å². The van der Waals surface area contributed by atoms with Gasteiger partial charge in [-0.3, -0.25) is 14.9 Å². The van der Waals surface area contributed by atoms with Crippen LogP contribution in [0.25, 0.3) is 0 Å². The molecule has 0 saturated heterocycles. The number of carbonyl (C=O) groups excluding carboxylic acids is 1. The number of nitro groups is 1. The zero-order valence-corrected chi connectivity index (χ0v) is 12.7. The molecule has 2 rings (SSSR count). The Kier molecular flexibility index (Phi) is 4.44. The molecule has 0 aliphatic rings. The highest BCUT2D eigenvalue weighted by atomic mass is 79.9. The topological polar surface area (TPSA) is 92.5 Å². The van der Waals surface area contributed by atoms with Crippen LogP contribution >= 0.6 is 27.5 Å². The number of aromatic hydroxyl groups is 1. The standard InChI is InChI=1S/C13H8BrClN2O4/c14-7-1-4-12(18)9(5-7)13(19)16-11-6-8(17(20)21)2-3-10(11)15/h1-6,18H,(H,16,19). The Bertz CT molecular complexity index is 736. The van der Waals surface area contributed by atoms with Crippen molar-refractivity contribution in [3.63, 3.8) is 0 Å². The number of phenols is 1. The van der Waals surface area contributed by atoms with Crippen molar-refractivity contribution in [3.8, 4) is 5.75 Å². The van der Waals surface area contributed by atoms with Crippen molar-refractivity contribution in [1.29, 1.82) is 0 Å². The number of nitrogens with zero attached hydrogens (tertiary/aromatic N) is 1. The summed E-state index contributed by atoms with van der Waals surface area (Å²) in [6.07, 6.45) is 0. The van der Waals surface area contributed by atoms with Gasteiger partial charge in [-0.05, 0) is 24.3 Å². The van der Waals surface area contributed by atoms with Gasteiger partial charge in [-0.1, -0.05) is 27.5 Å². The number of carbonyl (C=O) groups is 1. The smallest absolute Gasteiger partial charge is 0.271 e. The lowest BCUT2D eigenvalue weighted by atomic mass is 10.2. The van der Waals surface area contributed by atoms with Crippen LogP contribution in [0.1, 0.15) is 10.4 Å². The quantitative estimate of drug-likeness (QED) is 0.631. The molecule has 8 heteroatoms. The van der Waals surface area contributed by atoms with Crippen molar-refractivity contribution >= 4 is 44.8 Å². The normalized spacial score (nSPS) is 10.2. The number of non-ortho nitro benzene ring substituents is 1. The summed E-state index contributed by atoms with van der Waals surface area (Å²) in [7, 11) is 0. The lowest BCUT2D eigenvalue weighted by molar-refractivity contribution is -0.384. The van der Waals surface area contributed by atoms with E-state index < -0.39 is 10.8 Å². The highest BCUT2D eigenvalue weighted by Gasteiger charge is 2.16. The minimum absolute atomic E-state index is 0.0203. The lowest BCUT2D eigenvalue weighted by Crippen LogP contribution is -2.12. The van der Waals surface area contributed by atoms with E-state index in [0.717, 1.165) is 6.07 Å². The number of hydrogen-bond acceptors (Lipinski definition) is 4. The number of phenolic OH excluding ortho intramolecular Hbond substituents is 1. The molecule has 0 bridgehead atoms. The van der Waals surface area contributed by atoms with Gasteiger partial charge in [0.2, 0.25) is 0 Å². The van der Waals surface area contributed by atoms with Crippen LogP contribution in [0, 0.1) is 10.1 Å². The first kappa shape index (κ1) is 15.3. The van der Waals surface area contributed by atoms with Crippen LogP contribution in [-0.2, 0) is 0 Å². The van der Waals surface area contributed by atoms with Gasteiger partial charge in [0.05, 0.1) is 21.2 Å². The molecule has 0 aliphatic carbocycles. The van der Waals surface area contributed by atoms with Crippen molar-refractivity contribution in [3.05, 3.63) is 61.6 Å². The molecule has 0 atom stereocenters. The number of rotatable bonds is 3. The minimum Gasteiger partial charge on any atom is -0.507 e. The molecule has 2 aromatic carbocycles. The number of nitro benzene ring substituents is 1. The SMILES string of the molecule is O=C(Nc1cc([N+](=O)[O-])ccc1Cl)c1cc(Br)ccc1O. The van der Waals surface area contributed by atoms with Gasteiger partial charge < -0.3 is 10.4 Å². The van der Waals surface area contributed by atoms with Crippen LogP contribution in [0.5, 0.6) is 5.75 Å². The lowest BCUT2D eigenvalue weighted by Gasteiger charge is -2.08. The zero-order chi connectivity index (χ0) is 15.6. The summed E-state index contributed by atoms with van der Waals surface area (Å²) in [4.78, 5) is 22.2. The van der Waals surface area contributed by atoms with Gasteiger partial charge in [0.1, 0.15) is 5.75 Å². The fourth-order valence-electron chi connectivity index (χ4n) is 1.60. The van der Waals surface area contributed by atoms with Crippen molar-refractivity contribution in [2.75, 3.05) is 5.32 Å². The first-order chi connectivity index (χ1) is 9.88. The van der Waals surface area contributed by atoms with Gasteiger partial charge in [0, 0.05) is 16.6 Å². The summed E-state index contributed by atoms with van der Waals surface area (Å²) in [5.74, 6) is -0.839. The molecule has 1 amide bonds. The van der Waals surface area contributed by atoms with Gasteiger partial charge >= 0.3 is 0 Å². The molecule has 108 valence electrons. The Morgan fingerprint density at radius 1 is 1.29 bits per heavy atom. The summed E-state index contributed by atoms with van der Waals surface area (Å²) in [5, 5.41) is 23.0. The number of amides is 1. The summed E-state index contributed by atoms with van der Waals surface area (Å²) < 4.78 is 0.607. The predicted octanol–water partition coefficient (Wildman–Crippen LogP) is 3.97. The summed E-state index contributed by atoms with van der Waals surface area (Å²) >= 11 is 9.08. The first-order valence-electron chi connectivity index (χ1n) is 5.62. The maximum Gasteiger partial charge on any atom is 0.271 e. The molecular formula is C13H8BrClN2O4. The van der Waals surface area contributed by atoms with Crippen LogP contribution < -0.4 is 5.32 Å². The number of benzene rings is 2. The summed E-state index contributed by atoms with van der Waals surface area (Å²) in [6, 6.07) is 8.05. The molecule has 6 nitrogen and oxygen atoms in total. The summed E-state index contributed by atoms with van der Waals surface area (Å²) in [6.45, 7) is 0. The van der Waals surface area contributed by atoms with E-state index >= 15 is 0 Å². The molecule has 0 spiro atoms. The molecule has 2 N–H and O–H groups in total.